The number of nitrogens with one attached hydrogen (secondary N) is 2. The van der Waals surface area contributed by atoms with Crippen LogP contribution in [0.3, 0.4) is 0 Å². The van der Waals surface area contributed by atoms with Crippen LogP contribution < -0.4 is 15.4 Å². The van der Waals surface area contributed by atoms with Gasteiger partial charge < -0.3 is 20.1 Å². The van der Waals surface area contributed by atoms with Crippen LogP contribution in [0.1, 0.15) is 30.9 Å². The van der Waals surface area contributed by atoms with Crippen LogP contribution in [0.2, 0.25) is 5.02 Å². The first kappa shape index (κ1) is 24.1. The lowest BCUT2D eigenvalue weighted by atomic mass is 9.83. The number of aromatic nitrogens is 2. The maximum absolute atomic E-state index is 12.9. The largest absolute Gasteiger partial charge is 0.476 e. The molecule has 0 radical (unpaired) electrons. The molecule has 0 aliphatic heterocycles. The third-order valence-corrected chi connectivity index (χ3v) is 5.29. The molecule has 0 bridgehead atoms. The molecule has 11 heteroatoms. The van der Waals surface area contributed by atoms with Gasteiger partial charge >= 0.3 is 6.18 Å². The molecular formula is C21H24ClF3N4O3. The van der Waals surface area contributed by atoms with Crippen molar-refractivity contribution in [2.24, 2.45) is 5.92 Å². The molecule has 32 heavy (non-hydrogen) atoms. The number of hydrogen-bond acceptors (Lipinski definition) is 6. The summed E-state index contributed by atoms with van der Waals surface area (Å²) in [5.41, 5.74) is -0.275. The Morgan fingerprint density at radius 3 is 2.78 bits per heavy atom. The summed E-state index contributed by atoms with van der Waals surface area (Å²) in [5, 5.41) is 5.77. The minimum Gasteiger partial charge on any atom is -0.476 e. The van der Waals surface area contributed by atoms with Gasteiger partial charge in [-0.15, -0.1) is 0 Å². The highest BCUT2D eigenvalue weighted by atomic mass is 35.5. The number of anilines is 1. The van der Waals surface area contributed by atoms with Crippen molar-refractivity contribution >= 4 is 23.3 Å². The molecule has 0 atom stereocenters. The lowest BCUT2D eigenvalue weighted by Crippen LogP contribution is -2.37. The Morgan fingerprint density at radius 1 is 1.28 bits per heavy atom. The van der Waals surface area contributed by atoms with E-state index in [1.54, 1.807) is 6.07 Å². The van der Waals surface area contributed by atoms with Gasteiger partial charge in [-0.3, -0.25) is 4.79 Å². The first-order chi connectivity index (χ1) is 15.2. The highest BCUT2D eigenvalue weighted by Crippen LogP contribution is 2.33. The van der Waals surface area contributed by atoms with Crippen molar-refractivity contribution in [2.75, 3.05) is 25.1 Å². The van der Waals surface area contributed by atoms with Crippen LogP contribution in [-0.2, 0) is 22.3 Å². The molecule has 1 amide bonds. The summed E-state index contributed by atoms with van der Waals surface area (Å²) < 4.78 is 50.0. The zero-order valence-corrected chi connectivity index (χ0v) is 18.2. The molecule has 1 aromatic carbocycles. The number of alkyl halides is 3. The number of nitrogens with zero attached hydrogens (tertiary/aromatic N) is 2. The molecule has 174 valence electrons. The van der Waals surface area contributed by atoms with Crippen molar-refractivity contribution in [3.63, 3.8) is 0 Å². The Labute approximate surface area is 188 Å². The first-order valence-electron chi connectivity index (χ1n) is 10.1. The molecule has 1 saturated carbocycles. The fourth-order valence-corrected chi connectivity index (χ4v) is 3.44. The smallest absolute Gasteiger partial charge is 0.416 e. The zero-order chi connectivity index (χ0) is 23.1. The molecule has 1 aromatic heterocycles. The summed E-state index contributed by atoms with van der Waals surface area (Å²) in [5.74, 6) is 0.706. The Hall–Kier alpha value is -2.59. The number of benzene rings is 1. The van der Waals surface area contributed by atoms with E-state index in [9.17, 15) is 18.0 Å². The Morgan fingerprint density at radius 2 is 2.06 bits per heavy atom. The van der Waals surface area contributed by atoms with Crippen LogP contribution in [-0.4, -0.2) is 41.7 Å². The maximum Gasteiger partial charge on any atom is 0.416 e. The highest BCUT2D eigenvalue weighted by Gasteiger charge is 2.31. The number of ether oxygens (including phenoxy) is 2. The SMILES string of the molecule is CC(=O)NCCOC1CC(COc2ncnc(NCc3cccc(C(F)(F)F)c3)c2Cl)C1. The quantitative estimate of drug-likeness (QED) is 0.507. The molecule has 3 rings (SSSR count). The molecule has 2 aromatic rings. The van der Waals surface area contributed by atoms with E-state index in [0.29, 0.717) is 31.2 Å². The molecule has 0 spiro atoms. The second kappa shape index (κ2) is 10.8. The lowest BCUT2D eigenvalue weighted by Gasteiger charge is -2.34. The van der Waals surface area contributed by atoms with Crippen LogP contribution in [0.15, 0.2) is 30.6 Å². The fourth-order valence-electron chi connectivity index (χ4n) is 3.22. The van der Waals surface area contributed by atoms with Gasteiger partial charge in [-0.1, -0.05) is 23.7 Å². The number of carbonyl (C=O) groups excluding carboxylic acids is 1. The van der Waals surface area contributed by atoms with Crippen LogP contribution >= 0.6 is 11.6 Å². The molecule has 1 aliphatic rings. The van der Waals surface area contributed by atoms with Gasteiger partial charge in [0.15, 0.2) is 5.82 Å². The highest BCUT2D eigenvalue weighted by molar-refractivity contribution is 6.34. The fraction of sp³-hybridized carbons (Fsp3) is 0.476. The van der Waals surface area contributed by atoms with Gasteiger partial charge in [0.1, 0.15) is 11.3 Å². The van der Waals surface area contributed by atoms with Crippen molar-refractivity contribution in [1.29, 1.82) is 0 Å². The molecule has 1 fully saturated rings. The van der Waals surface area contributed by atoms with E-state index in [4.69, 9.17) is 21.1 Å². The number of halogens is 4. The first-order valence-corrected chi connectivity index (χ1v) is 10.5. The molecule has 0 unspecified atom stereocenters. The summed E-state index contributed by atoms with van der Waals surface area (Å²) in [6.07, 6.45) is -1.30. The monoisotopic (exact) mass is 472 g/mol. The predicted molar refractivity (Wildman–Crippen MR) is 112 cm³/mol. The van der Waals surface area contributed by atoms with E-state index in [1.807, 2.05) is 0 Å². The summed E-state index contributed by atoms with van der Waals surface area (Å²) in [6, 6.07) is 5.03. The predicted octanol–water partition coefficient (Wildman–Crippen LogP) is 4.07. The van der Waals surface area contributed by atoms with E-state index in [0.717, 1.165) is 25.0 Å². The summed E-state index contributed by atoms with van der Waals surface area (Å²) in [7, 11) is 0. The van der Waals surface area contributed by atoms with Crippen molar-refractivity contribution < 1.29 is 27.4 Å². The number of amides is 1. The van der Waals surface area contributed by atoms with Crippen LogP contribution in [0.5, 0.6) is 5.88 Å². The van der Waals surface area contributed by atoms with Crippen molar-refractivity contribution in [3.05, 3.63) is 46.7 Å². The summed E-state index contributed by atoms with van der Waals surface area (Å²) in [6.45, 7) is 2.94. The van der Waals surface area contributed by atoms with E-state index in [-0.39, 0.29) is 35.3 Å². The zero-order valence-electron chi connectivity index (χ0n) is 17.4. The molecule has 7 nitrogen and oxygen atoms in total. The van der Waals surface area contributed by atoms with Crippen molar-refractivity contribution in [3.8, 4) is 5.88 Å². The Balaban J connectivity index is 1.45. The Bertz CT molecular complexity index is 923. The van der Waals surface area contributed by atoms with E-state index >= 15 is 0 Å². The van der Waals surface area contributed by atoms with Gasteiger partial charge in [0.05, 0.1) is 24.9 Å². The van der Waals surface area contributed by atoms with Gasteiger partial charge in [0, 0.05) is 20.0 Å². The molecule has 2 N–H and O–H groups in total. The van der Waals surface area contributed by atoms with Gasteiger partial charge in [-0.2, -0.15) is 13.2 Å². The average molecular weight is 473 g/mol. The minimum atomic E-state index is -4.40. The minimum absolute atomic E-state index is 0.0844. The van der Waals surface area contributed by atoms with E-state index in [1.165, 1.54) is 19.3 Å². The van der Waals surface area contributed by atoms with Crippen LogP contribution in [0, 0.1) is 5.92 Å². The summed E-state index contributed by atoms with van der Waals surface area (Å²) >= 11 is 6.31. The summed E-state index contributed by atoms with van der Waals surface area (Å²) in [4.78, 5) is 18.9. The standard InChI is InChI=1S/C21H24ClF3N4O3/c1-13(30)26-5-6-31-17-8-15(9-17)11-32-20-18(22)19(28-12-29-20)27-10-14-3-2-4-16(7-14)21(23,24)25/h2-4,7,12,15,17H,5-6,8-11H2,1H3,(H,26,30)(H,27,28,29). The second-order valence-electron chi connectivity index (χ2n) is 7.52. The molecular weight excluding hydrogens is 449 g/mol. The number of carbonyl (C=O) groups is 1. The van der Waals surface area contributed by atoms with Gasteiger partial charge in [0.2, 0.25) is 11.8 Å². The molecule has 1 heterocycles. The normalized spacial score (nSPS) is 18.0. The second-order valence-corrected chi connectivity index (χ2v) is 7.90. The number of hydrogen-bond donors (Lipinski definition) is 2. The number of rotatable bonds is 10. The maximum atomic E-state index is 12.9. The third-order valence-electron chi connectivity index (χ3n) is 4.95. The lowest BCUT2D eigenvalue weighted by molar-refractivity contribution is -0.137. The van der Waals surface area contributed by atoms with E-state index in [2.05, 4.69) is 20.6 Å². The molecule has 0 saturated heterocycles. The van der Waals surface area contributed by atoms with Crippen LogP contribution in [0.4, 0.5) is 19.0 Å². The van der Waals surface area contributed by atoms with Crippen LogP contribution in [0.25, 0.3) is 0 Å². The van der Waals surface area contributed by atoms with E-state index < -0.39 is 11.7 Å². The van der Waals surface area contributed by atoms with Gasteiger partial charge in [-0.25, -0.2) is 9.97 Å². The van der Waals surface area contributed by atoms with Gasteiger partial charge in [-0.05, 0) is 36.5 Å². The van der Waals surface area contributed by atoms with Crippen molar-refractivity contribution in [2.45, 2.75) is 38.6 Å². The van der Waals surface area contributed by atoms with Crippen molar-refractivity contribution in [1.82, 2.24) is 15.3 Å². The topological polar surface area (TPSA) is 85.4 Å². The Kier molecular flexibility index (Phi) is 8.14. The average Bonchev–Trinajstić information content (AvgIpc) is 2.71. The molecule has 1 aliphatic carbocycles. The third kappa shape index (κ3) is 6.96. The van der Waals surface area contributed by atoms with Gasteiger partial charge in [0.25, 0.3) is 0 Å².